The van der Waals surface area contributed by atoms with E-state index >= 15 is 0 Å². The molecule has 0 aliphatic carbocycles. The fourth-order valence-electron chi connectivity index (χ4n) is 2.00. The number of para-hydroxylation sites is 2. The summed E-state index contributed by atoms with van der Waals surface area (Å²) < 4.78 is 0. The Balaban J connectivity index is 0.00000242. The van der Waals surface area contributed by atoms with Crippen molar-refractivity contribution in [1.82, 2.24) is 0 Å². The molecule has 8 heteroatoms. The summed E-state index contributed by atoms with van der Waals surface area (Å²) in [6.07, 6.45) is -0.0418. The summed E-state index contributed by atoms with van der Waals surface area (Å²) in [5.41, 5.74) is -0.295. The van der Waals surface area contributed by atoms with E-state index in [1.807, 2.05) is 0 Å². The van der Waals surface area contributed by atoms with Crippen molar-refractivity contribution in [2.75, 3.05) is 0 Å². The van der Waals surface area contributed by atoms with Gasteiger partial charge in [0.25, 0.3) is 0 Å². The van der Waals surface area contributed by atoms with Crippen LogP contribution < -0.4 is 69.3 Å². The van der Waals surface area contributed by atoms with Crippen molar-refractivity contribution in [1.29, 1.82) is 0 Å². The molecule has 0 spiro atoms. The first-order valence-corrected chi connectivity index (χ1v) is 5.96. The number of carbonyl (C=O) groups is 2. The van der Waals surface area contributed by atoms with Crippen molar-refractivity contribution < 1.29 is 89.1 Å². The smallest absolute Gasteiger partial charge is 0.545 e. The van der Waals surface area contributed by atoms with Crippen molar-refractivity contribution in [2.24, 2.45) is 0 Å². The number of hydrogen-bond donors (Lipinski definition) is 2. The molecule has 0 atom stereocenters. The number of carboxylic acids is 2. The Bertz CT molecular complexity index is 668. The van der Waals surface area contributed by atoms with Gasteiger partial charge in [0.05, 0.1) is 11.9 Å². The summed E-state index contributed by atoms with van der Waals surface area (Å²) in [7, 11) is 0. The van der Waals surface area contributed by atoms with E-state index in [2.05, 4.69) is 0 Å². The van der Waals surface area contributed by atoms with Crippen LogP contribution in [0.5, 0.6) is 11.5 Å². The Kier molecular flexibility index (Phi) is 8.90. The van der Waals surface area contributed by atoms with E-state index in [9.17, 15) is 30.0 Å². The van der Waals surface area contributed by atoms with Crippen molar-refractivity contribution in [3.05, 3.63) is 58.7 Å². The second-order valence-electron chi connectivity index (χ2n) is 4.38. The van der Waals surface area contributed by atoms with Gasteiger partial charge in [-0.15, -0.1) is 0 Å². The van der Waals surface area contributed by atoms with Crippen LogP contribution in [0, 0.1) is 0 Å². The van der Waals surface area contributed by atoms with Crippen LogP contribution in [0.4, 0.5) is 0 Å². The van der Waals surface area contributed by atoms with E-state index in [0.717, 1.165) is 0 Å². The van der Waals surface area contributed by atoms with Gasteiger partial charge in [-0.2, -0.15) is 0 Å². The molecule has 0 fully saturated rings. The summed E-state index contributed by atoms with van der Waals surface area (Å²) in [4.78, 5) is 21.7. The van der Waals surface area contributed by atoms with Gasteiger partial charge < -0.3 is 30.0 Å². The summed E-state index contributed by atoms with van der Waals surface area (Å²) in [6, 6.07) is 8.14. The second kappa shape index (κ2) is 9.32. The number of phenols is 2. The molecule has 0 aromatic heterocycles. The maximum atomic E-state index is 10.8. The van der Waals surface area contributed by atoms with Gasteiger partial charge in [0.15, 0.2) is 0 Å². The Labute approximate surface area is 176 Å². The van der Waals surface area contributed by atoms with Gasteiger partial charge in [-0.05, 0) is 23.3 Å². The fraction of sp³-hybridized carbons (Fsp3) is 0.0667. The molecular formula is C15H10Na2O6. The molecule has 23 heavy (non-hydrogen) atoms. The van der Waals surface area contributed by atoms with Crippen LogP contribution in [0.2, 0.25) is 0 Å². The van der Waals surface area contributed by atoms with Gasteiger partial charge in [0.2, 0.25) is 0 Å². The van der Waals surface area contributed by atoms with Crippen LogP contribution >= 0.6 is 0 Å². The van der Waals surface area contributed by atoms with Crippen molar-refractivity contribution >= 4 is 11.9 Å². The van der Waals surface area contributed by atoms with E-state index in [0.29, 0.717) is 0 Å². The number of carbonyl (C=O) groups excluding carboxylic acids is 2. The molecule has 0 aliphatic heterocycles. The topological polar surface area (TPSA) is 121 Å². The van der Waals surface area contributed by atoms with E-state index in [4.69, 9.17) is 0 Å². The third-order valence-corrected chi connectivity index (χ3v) is 3.06. The van der Waals surface area contributed by atoms with Gasteiger partial charge >= 0.3 is 59.1 Å². The van der Waals surface area contributed by atoms with Crippen LogP contribution in [0.25, 0.3) is 0 Å². The molecule has 2 aromatic rings. The molecule has 0 saturated carbocycles. The van der Waals surface area contributed by atoms with Crippen molar-refractivity contribution in [2.45, 2.75) is 6.42 Å². The predicted octanol–water partition coefficient (Wildman–Crippen LogP) is -6.58. The standard InChI is InChI=1S/C15H12O6.2Na/c16-12-8(3-1-5-10(12)14(18)19)7-9-4-2-6-11(13(9)17)15(20)21;;/h1-6,16-17H,7H2,(H,18,19)(H,20,21);;/q;2*+1/p-2. The molecule has 2 aromatic carbocycles. The maximum Gasteiger partial charge on any atom is 1.00 e. The molecule has 2 rings (SSSR count). The summed E-state index contributed by atoms with van der Waals surface area (Å²) in [5.74, 6) is -4.00. The number of aromatic hydroxyl groups is 2. The Morgan fingerprint density at radius 3 is 1.43 bits per heavy atom. The zero-order chi connectivity index (χ0) is 15.6. The summed E-state index contributed by atoms with van der Waals surface area (Å²) in [5, 5.41) is 41.4. The molecule has 2 N–H and O–H groups in total. The van der Waals surface area contributed by atoms with Gasteiger partial charge in [0, 0.05) is 17.5 Å². The van der Waals surface area contributed by atoms with Crippen LogP contribution in [0.1, 0.15) is 31.8 Å². The maximum absolute atomic E-state index is 10.8. The zero-order valence-electron chi connectivity index (χ0n) is 12.7. The fourth-order valence-corrected chi connectivity index (χ4v) is 2.00. The Morgan fingerprint density at radius 1 is 0.783 bits per heavy atom. The number of rotatable bonds is 4. The minimum absolute atomic E-state index is 0. The number of hydrogen-bond acceptors (Lipinski definition) is 6. The molecule has 0 radical (unpaired) electrons. The first-order valence-electron chi connectivity index (χ1n) is 5.96. The molecule has 0 heterocycles. The van der Waals surface area contributed by atoms with Gasteiger partial charge in [-0.3, -0.25) is 0 Å². The third-order valence-electron chi connectivity index (χ3n) is 3.06. The largest absolute Gasteiger partial charge is 1.00 e. The predicted molar refractivity (Wildman–Crippen MR) is 67.7 cm³/mol. The molecule has 0 saturated heterocycles. The second-order valence-corrected chi connectivity index (χ2v) is 4.38. The SMILES string of the molecule is O=C([O-])c1cccc(Cc2cccc(C(=O)[O-])c2O)c1O.[Na+].[Na+]. The quantitative estimate of drug-likeness (QED) is 0.537. The van der Waals surface area contributed by atoms with Crippen molar-refractivity contribution in [3.8, 4) is 11.5 Å². The number of benzene rings is 2. The average Bonchev–Trinajstić information content (AvgIpc) is 2.42. The molecular weight excluding hydrogens is 322 g/mol. The van der Waals surface area contributed by atoms with E-state index in [1.54, 1.807) is 0 Å². The minimum Gasteiger partial charge on any atom is -0.545 e. The number of carboxylic acid groups (broad SMARTS) is 2. The van der Waals surface area contributed by atoms with E-state index in [1.165, 1.54) is 36.4 Å². The minimum atomic E-state index is -1.53. The van der Waals surface area contributed by atoms with Gasteiger partial charge in [-0.1, -0.05) is 24.3 Å². The molecule has 0 amide bonds. The van der Waals surface area contributed by atoms with Crippen LogP contribution in [0.15, 0.2) is 36.4 Å². The van der Waals surface area contributed by atoms with Gasteiger partial charge in [-0.25, -0.2) is 0 Å². The van der Waals surface area contributed by atoms with Crippen LogP contribution in [0.3, 0.4) is 0 Å². The average molecular weight is 332 g/mol. The number of aromatic carboxylic acids is 2. The van der Waals surface area contributed by atoms with E-state index < -0.39 is 23.4 Å². The zero-order valence-corrected chi connectivity index (χ0v) is 16.7. The Morgan fingerprint density at radius 2 is 1.13 bits per heavy atom. The molecule has 108 valence electrons. The van der Waals surface area contributed by atoms with Crippen LogP contribution in [-0.4, -0.2) is 22.2 Å². The third kappa shape index (κ3) is 4.97. The molecule has 0 unspecified atom stereocenters. The molecule has 0 aliphatic rings. The normalized spacial score (nSPS) is 9.39. The monoisotopic (exact) mass is 332 g/mol. The summed E-state index contributed by atoms with van der Waals surface area (Å²) in [6.45, 7) is 0. The molecule has 6 nitrogen and oxygen atoms in total. The molecule has 0 bridgehead atoms. The van der Waals surface area contributed by atoms with Crippen LogP contribution in [-0.2, 0) is 6.42 Å². The first kappa shape index (κ1) is 22.0. The summed E-state index contributed by atoms with van der Waals surface area (Å²) >= 11 is 0. The van der Waals surface area contributed by atoms with E-state index in [-0.39, 0.29) is 87.8 Å². The first-order chi connectivity index (χ1) is 9.91. The van der Waals surface area contributed by atoms with Gasteiger partial charge in [0.1, 0.15) is 11.5 Å². The van der Waals surface area contributed by atoms with Crippen molar-refractivity contribution in [3.63, 3.8) is 0 Å². The Hall–Kier alpha value is -1.02.